The van der Waals surface area contributed by atoms with E-state index in [1.807, 2.05) is 19.1 Å². The number of benzene rings is 1. The highest BCUT2D eigenvalue weighted by Crippen LogP contribution is 2.09. The SMILES string of the molecule is CC(C(=O)NCCc1ccc(O)cc1)N1CCNCC1. The van der Waals surface area contributed by atoms with E-state index in [0.29, 0.717) is 6.54 Å². The summed E-state index contributed by atoms with van der Waals surface area (Å²) in [4.78, 5) is 14.3. The Morgan fingerprint density at radius 1 is 1.35 bits per heavy atom. The normalized spacial score (nSPS) is 17.6. The summed E-state index contributed by atoms with van der Waals surface area (Å²) in [5.41, 5.74) is 1.11. The molecule has 1 unspecified atom stereocenters. The van der Waals surface area contributed by atoms with Crippen molar-refractivity contribution in [1.29, 1.82) is 0 Å². The molecule has 0 radical (unpaired) electrons. The number of phenols is 1. The summed E-state index contributed by atoms with van der Waals surface area (Å²) < 4.78 is 0. The lowest BCUT2D eigenvalue weighted by Gasteiger charge is -2.31. The predicted octanol–water partition coefficient (Wildman–Crippen LogP) is 0.345. The number of nitrogens with zero attached hydrogens (tertiary/aromatic N) is 1. The number of amides is 1. The summed E-state index contributed by atoms with van der Waals surface area (Å²) in [6.07, 6.45) is 0.778. The molecule has 20 heavy (non-hydrogen) atoms. The third kappa shape index (κ3) is 4.21. The smallest absolute Gasteiger partial charge is 0.237 e. The van der Waals surface area contributed by atoms with Crippen molar-refractivity contribution < 1.29 is 9.90 Å². The Bertz CT molecular complexity index is 427. The molecule has 1 aliphatic rings. The minimum Gasteiger partial charge on any atom is -0.508 e. The van der Waals surface area contributed by atoms with Gasteiger partial charge in [0.05, 0.1) is 6.04 Å². The third-order valence-electron chi connectivity index (χ3n) is 3.73. The maximum absolute atomic E-state index is 12.1. The number of nitrogens with one attached hydrogen (secondary N) is 2. The average Bonchev–Trinajstić information content (AvgIpc) is 2.49. The largest absolute Gasteiger partial charge is 0.508 e. The minimum atomic E-state index is -0.0723. The first-order valence-corrected chi connectivity index (χ1v) is 7.17. The van der Waals surface area contributed by atoms with Gasteiger partial charge in [-0.3, -0.25) is 9.69 Å². The van der Waals surface area contributed by atoms with Crippen LogP contribution in [0.2, 0.25) is 0 Å². The van der Waals surface area contributed by atoms with Crippen molar-refractivity contribution in [3.8, 4) is 5.75 Å². The van der Waals surface area contributed by atoms with Crippen LogP contribution in [0.1, 0.15) is 12.5 Å². The fraction of sp³-hybridized carbons (Fsp3) is 0.533. The van der Waals surface area contributed by atoms with Crippen molar-refractivity contribution in [1.82, 2.24) is 15.5 Å². The lowest BCUT2D eigenvalue weighted by Crippen LogP contribution is -2.52. The second-order valence-corrected chi connectivity index (χ2v) is 5.17. The maximum Gasteiger partial charge on any atom is 0.237 e. The summed E-state index contributed by atoms with van der Waals surface area (Å²) in [6.45, 7) is 6.33. The molecule has 5 nitrogen and oxygen atoms in total. The molecule has 1 atom stereocenters. The zero-order chi connectivity index (χ0) is 14.4. The first kappa shape index (κ1) is 14.8. The van der Waals surface area contributed by atoms with Crippen molar-refractivity contribution in [2.75, 3.05) is 32.7 Å². The Hall–Kier alpha value is -1.59. The van der Waals surface area contributed by atoms with Crippen LogP contribution in [-0.4, -0.2) is 54.7 Å². The van der Waals surface area contributed by atoms with Crippen LogP contribution < -0.4 is 10.6 Å². The predicted molar refractivity (Wildman–Crippen MR) is 78.7 cm³/mol. The van der Waals surface area contributed by atoms with Crippen LogP contribution in [0.25, 0.3) is 0 Å². The quantitative estimate of drug-likeness (QED) is 0.726. The van der Waals surface area contributed by atoms with E-state index >= 15 is 0 Å². The van der Waals surface area contributed by atoms with Crippen molar-refractivity contribution in [2.45, 2.75) is 19.4 Å². The molecule has 1 amide bonds. The number of hydrogen-bond acceptors (Lipinski definition) is 4. The molecule has 0 aliphatic carbocycles. The van der Waals surface area contributed by atoms with Gasteiger partial charge in [-0.25, -0.2) is 0 Å². The second-order valence-electron chi connectivity index (χ2n) is 5.17. The van der Waals surface area contributed by atoms with E-state index in [1.165, 1.54) is 0 Å². The Morgan fingerprint density at radius 2 is 2.00 bits per heavy atom. The van der Waals surface area contributed by atoms with E-state index in [1.54, 1.807) is 12.1 Å². The number of phenolic OH excluding ortho intramolecular Hbond substituents is 1. The molecule has 0 bridgehead atoms. The molecule has 2 rings (SSSR count). The molecule has 1 saturated heterocycles. The second kappa shape index (κ2) is 7.26. The summed E-state index contributed by atoms with van der Waals surface area (Å²) in [5.74, 6) is 0.357. The first-order valence-electron chi connectivity index (χ1n) is 7.17. The van der Waals surface area contributed by atoms with E-state index in [4.69, 9.17) is 0 Å². The first-order chi connectivity index (χ1) is 9.66. The van der Waals surface area contributed by atoms with E-state index in [-0.39, 0.29) is 17.7 Å². The number of aromatic hydroxyl groups is 1. The molecular weight excluding hydrogens is 254 g/mol. The van der Waals surface area contributed by atoms with E-state index < -0.39 is 0 Å². The number of carbonyl (C=O) groups excluding carboxylic acids is 1. The average molecular weight is 277 g/mol. The topological polar surface area (TPSA) is 64.6 Å². The van der Waals surface area contributed by atoms with Gasteiger partial charge in [0.2, 0.25) is 5.91 Å². The third-order valence-corrected chi connectivity index (χ3v) is 3.73. The van der Waals surface area contributed by atoms with Gasteiger partial charge in [0, 0.05) is 32.7 Å². The fourth-order valence-electron chi connectivity index (χ4n) is 2.38. The number of carbonyl (C=O) groups is 1. The summed E-state index contributed by atoms with van der Waals surface area (Å²) in [7, 11) is 0. The molecule has 0 saturated carbocycles. The van der Waals surface area contributed by atoms with Crippen LogP contribution >= 0.6 is 0 Å². The number of hydrogen-bond donors (Lipinski definition) is 3. The van der Waals surface area contributed by atoms with Gasteiger partial charge in [-0.05, 0) is 31.0 Å². The summed E-state index contributed by atoms with van der Waals surface area (Å²) >= 11 is 0. The van der Waals surface area contributed by atoms with Crippen molar-refractivity contribution in [2.24, 2.45) is 0 Å². The molecule has 3 N–H and O–H groups in total. The molecule has 5 heteroatoms. The van der Waals surface area contributed by atoms with Crippen LogP contribution in [0.3, 0.4) is 0 Å². The Kier molecular flexibility index (Phi) is 5.38. The van der Waals surface area contributed by atoms with Crippen molar-refractivity contribution in [3.05, 3.63) is 29.8 Å². The highest BCUT2D eigenvalue weighted by atomic mass is 16.3. The highest BCUT2D eigenvalue weighted by Gasteiger charge is 2.21. The molecular formula is C15H23N3O2. The zero-order valence-electron chi connectivity index (χ0n) is 11.9. The number of piperazine rings is 1. The molecule has 110 valence electrons. The zero-order valence-corrected chi connectivity index (χ0v) is 11.9. The minimum absolute atomic E-state index is 0.0723. The summed E-state index contributed by atoms with van der Waals surface area (Å²) in [5, 5.41) is 15.5. The van der Waals surface area contributed by atoms with Gasteiger partial charge in [0.1, 0.15) is 5.75 Å². The molecule has 1 aliphatic heterocycles. The monoisotopic (exact) mass is 277 g/mol. The van der Waals surface area contributed by atoms with Gasteiger partial charge in [0.25, 0.3) is 0 Å². The van der Waals surface area contributed by atoms with E-state index in [0.717, 1.165) is 38.2 Å². The van der Waals surface area contributed by atoms with Crippen molar-refractivity contribution >= 4 is 5.91 Å². The van der Waals surface area contributed by atoms with Gasteiger partial charge in [-0.15, -0.1) is 0 Å². The van der Waals surface area contributed by atoms with Gasteiger partial charge >= 0.3 is 0 Å². The van der Waals surface area contributed by atoms with E-state index in [9.17, 15) is 9.90 Å². The maximum atomic E-state index is 12.1. The number of rotatable bonds is 5. The van der Waals surface area contributed by atoms with Crippen LogP contribution in [0, 0.1) is 0 Å². The van der Waals surface area contributed by atoms with Crippen LogP contribution in [0.15, 0.2) is 24.3 Å². The van der Waals surface area contributed by atoms with Gasteiger partial charge in [0.15, 0.2) is 0 Å². The summed E-state index contributed by atoms with van der Waals surface area (Å²) in [6, 6.07) is 7.01. The Morgan fingerprint density at radius 3 is 2.65 bits per heavy atom. The lowest BCUT2D eigenvalue weighted by molar-refractivity contribution is -0.126. The van der Waals surface area contributed by atoms with E-state index in [2.05, 4.69) is 15.5 Å². The molecule has 1 fully saturated rings. The molecule has 1 aromatic carbocycles. The van der Waals surface area contributed by atoms with Crippen molar-refractivity contribution in [3.63, 3.8) is 0 Å². The Balaban J connectivity index is 1.72. The van der Waals surface area contributed by atoms with Crippen LogP contribution in [-0.2, 0) is 11.2 Å². The van der Waals surface area contributed by atoms with Gasteiger partial charge < -0.3 is 15.7 Å². The lowest BCUT2D eigenvalue weighted by atomic mass is 10.1. The molecule has 1 aromatic rings. The van der Waals surface area contributed by atoms with Gasteiger partial charge in [-0.2, -0.15) is 0 Å². The molecule has 0 spiro atoms. The van der Waals surface area contributed by atoms with Crippen LogP contribution in [0.5, 0.6) is 5.75 Å². The Labute approximate surface area is 120 Å². The van der Waals surface area contributed by atoms with Gasteiger partial charge in [-0.1, -0.05) is 12.1 Å². The highest BCUT2D eigenvalue weighted by molar-refractivity contribution is 5.81. The standard InChI is InChI=1S/C15H23N3O2/c1-12(18-10-8-16-9-11-18)15(20)17-7-6-13-2-4-14(19)5-3-13/h2-5,12,16,19H,6-11H2,1H3,(H,17,20). The molecule has 0 aromatic heterocycles. The fourth-order valence-corrected chi connectivity index (χ4v) is 2.38. The molecule has 1 heterocycles. The van der Waals surface area contributed by atoms with Crippen LogP contribution in [0.4, 0.5) is 0 Å².